The third-order valence-electron chi connectivity index (χ3n) is 9.07. The van der Waals surface area contributed by atoms with Gasteiger partial charge in [-0.2, -0.15) is 0 Å². The van der Waals surface area contributed by atoms with Gasteiger partial charge < -0.3 is 40.3 Å². The Balaban J connectivity index is 2.52. The number of nitrogens with one attached hydrogen (secondary N) is 1. The van der Waals surface area contributed by atoms with Crippen LogP contribution in [0.15, 0.2) is 72.9 Å². The predicted octanol–water partition coefficient (Wildman–Crippen LogP) is 7.44. The van der Waals surface area contributed by atoms with Gasteiger partial charge in [-0.3, -0.25) is 4.79 Å². The van der Waals surface area contributed by atoms with E-state index in [0.717, 1.165) is 44.9 Å². The Kier molecular flexibility index (Phi) is 30.4. The molecule has 0 aromatic heterocycles. The summed E-state index contributed by atoms with van der Waals surface area (Å²) in [7, 11) is 0. The number of unbranched alkanes of at least 4 members (excludes halogenated alkanes) is 12. The van der Waals surface area contributed by atoms with Gasteiger partial charge in [-0.1, -0.05) is 157 Å². The number of amides is 1. The van der Waals surface area contributed by atoms with Crippen LogP contribution in [0.5, 0.6) is 0 Å². The summed E-state index contributed by atoms with van der Waals surface area (Å²) in [6.45, 7) is 3.56. The van der Waals surface area contributed by atoms with Crippen molar-refractivity contribution >= 4 is 5.91 Å². The lowest BCUT2D eigenvalue weighted by Gasteiger charge is -2.40. The lowest BCUT2D eigenvalue weighted by Crippen LogP contribution is -2.60. The second-order valence-electron chi connectivity index (χ2n) is 13.7. The molecule has 0 aliphatic carbocycles. The van der Waals surface area contributed by atoms with E-state index in [1.807, 2.05) is 18.2 Å². The van der Waals surface area contributed by atoms with Crippen LogP contribution in [0.25, 0.3) is 0 Å². The molecular weight excluding hydrogens is 658 g/mol. The minimum atomic E-state index is -1.58. The van der Waals surface area contributed by atoms with E-state index >= 15 is 0 Å². The Bertz CT molecular complexity index is 1040. The van der Waals surface area contributed by atoms with E-state index in [2.05, 4.69) is 61.7 Å². The molecular formula is C43H73NO8. The van der Waals surface area contributed by atoms with Crippen molar-refractivity contribution in [1.82, 2.24) is 5.32 Å². The smallest absolute Gasteiger partial charge is 0.224 e. The molecule has 298 valence electrons. The van der Waals surface area contributed by atoms with Gasteiger partial charge in [-0.15, -0.1) is 0 Å². The summed E-state index contributed by atoms with van der Waals surface area (Å²) in [6, 6.07) is -0.860. The molecule has 9 nitrogen and oxygen atoms in total. The number of hydrogen-bond acceptors (Lipinski definition) is 8. The molecule has 9 heteroatoms. The van der Waals surface area contributed by atoms with E-state index in [9.17, 15) is 30.3 Å². The van der Waals surface area contributed by atoms with Gasteiger partial charge in [-0.05, 0) is 44.9 Å². The molecule has 1 heterocycles. The van der Waals surface area contributed by atoms with Gasteiger partial charge in [-0.25, -0.2) is 0 Å². The van der Waals surface area contributed by atoms with Gasteiger partial charge in [0.2, 0.25) is 5.91 Å². The maximum absolute atomic E-state index is 12.8. The highest BCUT2D eigenvalue weighted by Gasteiger charge is 2.44. The van der Waals surface area contributed by atoms with Crippen molar-refractivity contribution in [2.24, 2.45) is 0 Å². The maximum atomic E-state index is 12.8. The van der Waals surface area contributed by atoms with Gasteiger partial charge in [0, 0.05) is 6.42 Å². The van der Waals surface area contributed by atoms with E-state index in [-0.39, 0.29) is 18.9 Å². The second kappa shape index (κ2) is 33.2. The quantitative estimate of drug-likeness (QED) is 0.0319. The predicted molar refractivity (Wildman–Crippen MR) is 212 cm³/mol. The Hall–Kier alpha value is -2.37. The Labute approximate surface area is 315 Å². The lowest BCUT2D eigenvalue weighted by atomic mass is 9.99. The van der Waals surface area contributed by atoms with Crippen molar-refractivity contribution in [2.45, 2.75) is 179 Å². The molecule has 0 aromatic rings. The number of aliphatic hydroxyl groups excluding tert-OH is 5. The van der Waals surface area contributed by atoms with E-state index in [0.29, 0.717) is 6.42 Å². The van der Waals surface area contributed by atoms with Gasteiger partial charge in [0.05, 0.1) is 25.4 Å². The van der Waals surface area contributed by atoms with Gasteiger partial charge in [0.25, 0.3) is 0 Å². The fraction of sp³-hybridized carbons (Fsp3) is 0.698. The number of aliphatic hydroxyl groups is 5. The Morgan fingerprint density at radius 3 is 1.69 bits per heavy atom. The summed E-state index contributed by atoms with van der Waals surface area (Å²) in [6.07, 6.45) is 36.8. The molecule has 0 aromatic carbocycles. The first-order valence-corrected chi connectivity index (χ1v) is 20.2. The molecule has 7 unspecified atom stereocenters. The summed E-state index contributed by atoms with van der Waals surface area (Å²) < 4.78 is 11.1. The molecule has 0 radical (unpaired) electrons. The van der Waals surface area contributed by atoms with Crippen molar-refractivity contribution in [3.8, 4) is 0 Å². The van der Waals surface area contributed by atoms with E-state index in [4.69, 9.17) is 9.47 Å². The van der Waals surface area contributed by atoms with E-state index < -0.39 is 49.5 Å². The van der Waals surface area contributed by atoms with Crippen LogP contribution in [0, 0.1) is 0 Å². The standard InChI is InChI=1S/C43H73NO8/c1-3-5-7-9-11-13-15-17-19-21-23-25-27-29-31-33-39(47)44-36(35-51-43-42(50)41(49)40(48)38(34-45)52-43)37(46)32-30-28-26-24-22-20-18-16-14-12-10-8-6-4-2/h5,7,11,13,17,19,23,25,29-32,36-38,40-43,45-46,48-50H,3-4,6,8-10,12,14-16,18,20-22,24,26-28,33-35H2,1-2H3,(H,44,47)/b7-5-,13-11-,19-17-,25-23-,31-29-,32-30+. The van der Waals surface area contributed by atoms with Crippen LogP contribution in [0.2, 0.25) is 0 Å². The number of carbonyl (C=O) groups is 1. The largest absolute Gasteiger partial charge is 0.394 e. The molecule has 1 aliphatic rings. The monoisotopic (exact) mass is 732 g/mol. The number of hydrogen-bond donors (Lipinski definition) is 6. The molecule has 1 amide bonds. The third kappa shape index (κ3) is 24.0. The van der Waals surface area contributed by atoms with Crippen molar-refractivity contribution in [3.63, 3.8) is 0 Å². The molecule has 1 aliphatic heterocycles. The first kappa shape index (κ1) is 47.7. The molecule has 0 saturated carbocycles. The summed E-state index contributed by atoms with van der Waals surface area (Å²) in [5, 5.41) is 53.9. The van der Waals surface area contributed by atoms with E-state index in [1.165, 1.54) is 64.2 Å². The molecule has 7 atom stereocenters. The summed E-state index contributed by atoms with van der Waals surface area (Å²) in [5.41, 5.74) is 0. The van der Waals surface area contributed by atoms with Crippen LogP contribution in [0.1, 0.15) is 136 Å². The van der Waals surface area contributed by atoms with Crippen molar-refractivity contribution < 1.29 is 39.8 Å². The number of carbonyl (C=O) groups excluding carboxylic acids is 1. The van der Waals surface area contributed by atoms with Crippen LogP contribution < -0.4 is 5.32 Å². The molecule has 1 saturated heterocycles. The highest BCUT2D eigenvalue weighted by molar-refractivity contribution is 5.77. The normalized spacial score (nSPS) is 22.6. The fourth-order valence-electron chi connectivity index (χ4n) is 5.81. The fourth-order valence-corrected chi connectivity index (χ4v) is 5.81. The first-order chi connectivity index (χ1) is 25.3. The van der Waals surface area contributed by atoms with Crippen LogP contribution in [0.3, 0.4) is 0 Å². The summed E-state index contributed by atoms with van der Waals surface area (Å²) in [4.78, 5) is 12.8. The molecule has 6 N–H and O–H groups in total. The second-order valence-corrected chi connectivity index (χ2v) is 13.7. The van der Waals surface area contributed by atoms with Crippen molar-refractivity contribution in [2.75, 3.05) is 13.2 Å². The van der Waals surface area contributed by atoms with Crippen molar-refractivity contribution in [3.05, 3.63) is 72.9 Å². The van der Waals surface area contributed by atoms with Crippen LogP contribution >= 0.6 is 0 Å². The molecule has 0 bridgehead atoms. The maximum Gasteiger partial charge on any atom is 0.224 e. The SMILES string of the molecule is CC/C=C\C/C=C\C/C=C\C/C=C\C/C=C\CC(=O)NC(COC1OC(CO)C(O)C(O)C1O)C(O)/C=C/CCCCCCCCCCCCCC. The molecule has 52 heavy (non-hydrogen) atoms. The average Bonchev–Trinajstić information content (AvgIpc) is 3.14. The highest BCUT2D eigenvalue weighted by atomic mass is 16.7. The number of ether oxygens (including phenoxy) is 2. The number of allylic oxidation sites excluding steroid dienone is 10. The van der Waals surface area contributed by atoms with Crippen LogP contribution in [-0.4, -0.2) is 87.5 Å². The Morgan fingerprint density at radius 2 is 1.17 bits per heavy atom. The summed E-state index contributed by atoms with van der Waals surface area (Å²) >= 11 is 0. The minimum Gasteiger partial charge on any atom is -0.394 e. The third-order valence-corrected chi connectivity index (χ3v) is 9.07. The van der Waals surface area contributed by atoms with E-state index in [1.54, 1.807) is 12.2 Å². The Morgan fingerprint density at radius 1 is 0.673 bits per heavy atom. The lowest BCUT2D eigenvalue weighted by molar-refractivity contribution is -0.302. The van der Waals surface area contributed by atoms with Crippen molar-refractivity contribution in [1.29, 1.82) is 0 Å². The molecule has 0 spiro atoms. The van der Waals surface area contributed by atoms with Crippen LogP contribution in [0.4, 0.5) is 0 Å². The molecule has 1 fully saturated rings. The zero-order chi connectivity index (χ0) is 38.1. The zero-order valence-electron chi connectivity index (χ0n) is 32.3. The zero-order valence-corrected chi connectivity index (χ0v) is 32.3. The topological polar surface area (TPSA) is 149 Å². The highest BCUT2D eigenvalue weighted by Crippen LogP contribution is 2.22. The van der Waals surface area contributed by atoms with Crippen LogP contribution in [-0.2, 0) is 14.3 Å². The average molecular weight is 732 g/mol. The molecule has 1 rings (SSSR count). The number of rotatable bonds is 31. The minimum absolute atomic E-state index is 0.110. The van der Waals surface area contributed by atoms with Gasteiger partial charge in [0.1, 0.15) is 24.4 Å². The first-order valence-electron chi connectivity index (χ1n) is 20.2. The summed E-state index contributed by atoms with van der Waals surface area (Å²) in [5.74, 6) is -0.308. The van der Waals surface area contributed by atoms with Gasteiger partial charge in [0.15, 0.2) is 6.29 Å². The van der Waals surface area contributed by atoms with Gasteiger partial charge >= 0.3 is 0 Å².